The molecule has 3 rings (SSSR count). The molecule has 116 valence electrons. The number of carbonyl (C=O) groups is 1. The fourth-order valence-corrected chi connectivity index (χ4v) is 4.44. The molecule has 0 radical (unpaired) electrons. The van der Waals surface area contributed by atoms with Gasteiger partial charge >= 0.3 is 0 Å². The summed E-state index contributed by atoms with van der Waals surface area (Å²) in [5.74, 6) is 0.278. The number of anilines is 1. The first-order valence-electron chi connectivity index (χ1n) is 7.76. The Labute approximate surface area is 131 Å². The molecule has 0 spiro atoms. The average Bonchev–Trinajstić information content (AvgIpc) is 2.77. The number of rotatable bonds is 1. The van der Waals surface area contributed by atoms with E-state index in [1.807, 2.05) is 0 Å². The van der Waals surface area contributed by atoms with E-state index in [1.54, 1.807) is 11.3 Å². The molecule has 1 aliphatic heterocycles. The Morgan fingerprint density at radius 1 is 1.19 bits per heavy atom. The number of ketones is 1. The van der Waals surface area contributed by atoms with Crippen LogP contribution in [0, 0.1) is 5.41 Å². The van der Waals surface area contributed by atoms with E-state index in [0.717, 1.165) is 35.2 Å². The Morgan fingerprint density at radius 2 is 1.81 bits per heavy atom. The van der Waals surface area contributed by atoms with Gasteiger partial charge in [0.05, 0.1) is 10.6 Å². The lowest BCUT2D eigenvalue weighted by atomic mass is 9.78. The Hall–Kier alpha value is -0.940. The van der Waals surface area contributed by atoms with Crippen LogP contribution >= 0.6 is 11.3 Å². The molecular formula is C16H25N3OS. The molecule has 1 aromatic heterocycles. The summed E-state index contributed by atoms with van der Waals surface area (Å²) in [5, 5.41) is 1.04. The first-order chi connectivity index (χ1) is 9.77. The van der Waals surface area contributed by atoms with Gasteiger partial charge in [0, 0.05) is 31.6 Å². The summed E-state index contributed by atoms with van der Waals surface area (Å²) in [6.45, 7) is 10.8. The van der Waals surface area contributed by atoms with Gasteiger partial charge in [0.15, 0.2) is 10.9 Å². The van der Waals surface area contributed by atoms with Gasteiger partial charge < -0.3 is 4.90 Å². The zero-order valence-electron chi connectivity index (χ0n) is 13.6. The van der Waals surface area contributed by atoms with Crippen LogP contribution in [0.2, 0.25) is 0 Å². The third-order valence-electron chi connectivity index (χ3n) is 4.85. The molecule has 2 atom stereocenters. The summed E-state index contributed by atoms with van der Waals surface area (Å²) in [6.07, 6.45) is 1.57. The summed E-state index contributed by atoms with van der Waals surface area (Å²) in [7, 11) is 2.19. The minimum atomic E-state index is 0.0537. The fourth-order valence-electron chi connectivity index (χ4n) is 3.40. The number of hydrogen-bond donors (Lipinski definition) is 0. The van der Waals surface area contributed by atoms with Crippen LogP contribution in [-0.2, 0) is 6.42 Å². The molecule has 21 heavy (non-hydrogen) atoms. The number of hydrogen-bond acceptors (Lipinski definition) is 5. The molecule has 5 heteroatoms. The van der Waals surface area contributed by atoms with E-state index >= 15 is 0 Å². The zero-order valence-corrected chi connectivity index (χ0v) is 14.5. The molecule has 1 fully saturated rings. The Bertz CT molecular complexity index is 554. The maximum absolute atomic E-state index is 12.3. The van der Waals surface area contributed by atoms with E-state index in [2.05, 4.69) is 44.5 Å². The molecule has 0 aromatic carbocycles. The Kier molecular flexibility index (Phi) is 3.61. The molecular weight excluding hydrogens is 282 g/mol. The number of fused-ring (bicyclic) bond motifs is 1. The number of aromatic nitrogens is 1. The summed E-state index contributed by atoms with van der Waals surface area (Å²) in [6, 6.07) is 1.03. The van der Waals surface area contributed by atoms with Crippen molar-refractivity contribution >= 4 is 22.3 Å². The molecule has 1 aliphatic carbocycles. The van der Waals surface area contributed by atoms with E-state index in [1.165, 1.54) is 0 Å². The van der Waals surface area contributed by atoms with Gasteiger partial charge in [-0.1, -0.05) is 25.2 Å². The lowest BCUT2D eigenvalue weighted by Gasteiger charge is -2.42. The van der Waals surface area contributed by atoms with Crippen LogP contribution in [0.1, 0.15) is 49.5 Å². The second-order valence-corrected chi connectivity index (χ2v) is 8.46. The maximum Gasteiger partial charge on any atom is 0.186 e. The van der Waals surface area contributed by atoms with Gasteiger partial charge in [-0.05, 0) is 32.7 Å². The SMILES string of the molecule is CC1CN(c2nc3c(s2)C(=O)CC(C)(C)C3)CC(C)N1C. The predicted molar refractivity (Wildman–Crippen MR) is 87.4 cm³/mol. The highest BCUT2D eigenvalue weighted by Crippen LogP contribution is 2.39. The normalized spacial score (nSPS) is 29.6. The summed E-state index contributed by atoms with van der Waals surface area (Å²) < 4.78 is 0. The van der Waals surface area contributed by atoms with Crippen molar-refractivity contribution in [2.24, 2.45) is 5.41 Å². The number of piperazine rings is 1. The van der Waals surface area contributed by atoms with Crippen molar-refractivity contribution in [3.8, 4) is 0 Å². The number of carbonyl (C=O) groups excluding carboxylic acids is 1. The van der Waals surface area contributed by atoms with Crippen LogP contribution in [0.4, 0.5) is 5.13 Å². The molecule has 0 saturated carbocycles. The first-order valence-corrected chi connectivity index (χ1v) is 8.58. The van der Waals surface area contributed by atoms with Gasteiger partial charge in [-0.2, -0.15) is 0 Å². The van der Waals surface area contributed by atoms with Gasteiger partial charge in [-0.15, -0.1) is 0 Å². The molecule has 2 unspecified atom stereocenters. The van der Waals surface area contributed by atoms with Crippen molar-refractivity contribution in [1.82, 2.24) is 9.88 Å². The quantitative estimate of drug-likeness (QED) is 0.799. The van der Waals surface area contributed by atoms with Crippen molar-refractivity contribution in [3.63, 3.8) is 0 Å². The molecule has 0 N–H and O–H groups in total. The minimum Gasteiger partial charge on any atom is -0.345 e. The second kappa shape index (κ2) is 5.06. The number of nitrogens with zero attached hydrogens (tertiary/aromatic N) is 3. The van der Waals surface area contributed by atoms with E-state index in [9.17, 15) is 4.79 Å². The Balaban J connectivity index is 1.87. The standard InChI is InChI=1S/C16H25N3OS/c1-10-8-19(9-11(2)18(10)5)15-17-12-6-16(3,4)7-13(20)14(12)21-15/h10-11H,6-9H2,1-5H3. The lowest BCUT2D eigenvalue weighted by Crippen LogP contribution is -2.55. The van der Waals surface area contributed by atoms with E-state index in [0.29, 0.717) is 18.5 Å². The van der Waals surface area contributed by atoms with Gasteiger partial charge in [-0.25, -0.2) is 4.98 Å². The molecule has 0 bridgehead atoms. The van der Waals surface area contributed by atoms with Crippen LogP contribution < -0.4 is 4.90 Å². The minimum absolute atomic E-state index is 0.0537. The number of thiazole rings is 1. The molecule has 1 saturated heterocycles. The molecule has 0 amide bonds. The van der Waals surface area contributed by atoms with Crippen molar-refractivity contribution < 1.29 is 4.79 Å². The van der Waals surface area contributed by atoms with Crippen LogP contribution in [0.5, 0.6) is 0 Å². The fraction of sp³-hybridized carbons (Fsp3) is 0.750. The zero-order chi connectivity index (χ0) is 15.4. The predicted octanol–water partition coefficient (Wildman–Crippen LogP) is 2.83. The maximum atomic E-state index is 12.3. The van der Waals surface area contributed by atoms with E-state index < -0.39 is 0 Å². The third kappa shape index (κ3) is 2.73. The van der Waals surface area contributed by atoms with Crippen molar-refractivity contribution in [3.05, 3.63) is 10.6 Å². The van der Waals surface area contributed by atoms with Gasteiger partial charge in [0.1, 0.15) is 0 Å². The van der Waals surface area contributed by atoms with E-state index in [4.69, 9.17) is 4.98 Å². The van der Waals surface area contributed by atoms with Gasteiger partial charge in [0.25, 0.3) is 0 Å². The first kappa shape index (κ1) is 15.0. The monoisotopic (exact) mass is 307 g/mol. The lowest BCUT2D eigenvalue weighted by molar-refractivity contribution is 0.0916. The van der Waals surface area contributed by atoms with Crippen LogP contribution in [0.25, 0.3) is 0 Å². The molecule has 2 heterocycles. The van der Waals surface area contributed by atoms with Gasteiger partial charge in [-0.3, -0.25) is 9.69 Å². The van der Waals surface area contributed by atoms with Crippen molar-refractivity contribution in [2.75, 3.05) is 25.0 Å². The topological polar surface area (TPSA) is 36.4 Å². The van der Waals surface area contributed by atoms with Crippen molar-refractivity contribution in [2.45, 2.75) is 52.6 Å². The molecule has 4 nitrogen and oxygen atoms in total. The smallest absolute Gasteiger partial charge is 0.186 e. The summed E-state index contributed by atoms with van der Waals surface area (Å²) >= 11 is 1.60. The molecule has 2 aliphatic rings. The Morgan fingerprint density at radius 3 is 2.43 bits per heavy atom. The highest BCUT2D eigenvalue weighted by atomic mass is 32.1. The third-order valence-corrected chi connectivity index (χ3v) is 6.05. The van der Waals surface area contributed by atoms with Crippen molar-refractivity contribution in [1.29, 1.82) is 0 Å². The molecule has 1 aromatic rings. The average molecular weight is 307 g/mol. The second-order valence-electron chi connectivity index (χ2n) is 7.48. The number of Topliss-reactive ketones (excluding diaryl/α,β-unsaturated/α-hetero) is 1. The van der Waals surface area contributed by atoms with Gasteiger partial charge in [0.2, 0.25) is 0 Å². The highest BCUT2D eigenvalue weighted by molar-refractivity contribution is 7.17. The largest absolute Gasteiger partial charge is 0.345 e. The van der Waals surface area contributed by atoms with Crippen LogP contribution in [0.3, 0.4) is 0 Å². The number of likely N-dealkylation sites (N-methyl/N-ethyl adjacent to an activating group) is 1. The van der Waals surface area contributed by atoms with Crippen LogP contribution in [-0.4, -0.2) is 47.9 Å². The van der Waals surface area contributed by atoms with Crippen LogP contribution in [0.15, 0.2) is 0 Å². The summed E-state index contributed by atoms with van der Waals surface area (Å²) in [5.41, 5.74) is 1.08. The summed E-state index contributed by atoms with van der Waals surface area (Å²) in [4.78, 5) is 22.8. The van der Waals surface area contributed by atoms with E-state index in [-0.39, 0.29) is 11.2 Å². The highest BCUT2D eigenvalue weighted by Gasteiger charge is 2.35.